The fourth-order valence-corrected chi connectivity index (χ4v) is 7.77. The fraction of sp³-hybridized carbons (Fsp3) is 0.607. The third kappa shape index (κ3) is 6.49. The maximum Gasteiger partial charge on any atom is 0.331 e. The van der Waals surface area contributed by atoms with E-state index >= 15 is 0 Å². The Morgan fingerprint density at radius 1 is 0.950 bits per heavy atom. The first-order chi connectivity index (χ1) is 19.2. The summed E-state index contributed by atoms with van der Waals surface area (Å²) in [6.45, 7) is 1.12. The second-order valence-electron chi connectivity index (χ2n) is 11.3. The van der Waals surface area contributed by atoms with E-state index in [9.17, 15) is 13.2 Å². The van der Waals surface area contributed by atoms with Crippen LogP contribution in [0, 0.1) is 0 Å². The van der Waals surface area contributed by atoms with Gasteiger partial charge in [-0.15, -0.1) is 0 Å². The van der Waals surface area contributed by atoms with E-state index in [1.54, 1.807) is 28.6 Å². The van der Waals surface area contributed by atoms with Crippen LogP contribution in [0.25, 0.3) is 0 Å². The lowest BCUT2D eigenvalue weighted by molar-refractivity contribution is 0.217. The summed E-state index contributed by atoms with van der Waals surface area (Å²) in [5.74, 6) is 1.70. The fourth-order valence-electron chi connectivity index (χ4n) is 5.97. The number of thiol groups is 1. The Bertz CT molecular complexity index is 1290. The van der Waals surface area contributed by atoms with E-state index in [1.807, 2.05) is 14.1 Å². The summed E-state index contributed by atoms with van der Waals surface area (Å²) in [6, 6.07) is 6.32. The SMILES string of the molecule is CN(C)c1nc(NC2CCC(N(S)C(=O)Nc3ccc(S(=O)(=O)N4CCCCC4)cc3)CC2)nc2c1CCCC2. The van der Waals surface area contributed by atoms with Gasteiger partial charge in [0.05, 0.1) is 10.6 Å². The first-order valence-electron chi connectivity index (χ1n) is 14.5. The van der Waals surface area contributed by atoms with Gasteiger partial charge in [0.2, 0.25) is 16.0 Å². The van der Waals surface area contributed by atoms with Crippen LogP contribution in [-0.2, 0) is 22.9 Å². The van der Waals surface area contributed by atoms with Gasteiger partial charge in [0.25, 0.3) is 0 Å². The van der Waals surface area contributed by atoms with Gasteiger partial charge in [-0.25, -0.2) is 18.2 Å². The van der Waals surface area contributed by atoms with Gasteiger partial charge in [0.15, 0.2) is 0 Å². The first kappa shape index (κ1) is 28.9. The molecule has 0 bridgehead atoms. The number of anilines is 3. The Kier molecular flexibility index (Phi) is 9.06. The molecule has 2 heterocycles. The molecule has 1 saturated carbocycles. The van der Waals surface area contributed by atoms with Crippen molar-refractivity contribution in [3.05, 3.63) is 35.5 Å². The van der Waals surface area contributed by atoms with Crippen LogP contribution in [0.1, 0.15) is 69.0 Å². The minimum Gasteiger partial charge on any atom is -0.362 e. The van der Waals surface area contributed by atoms with Gasteiger partial charge < -0.3 is 15.5 Å². The molecule has 1 aromatic heterocycles. The molecule has 12 heteroatoms. The lowest BCUT2D eigenvalue weighted by Crippen LogP contribution is -2.40. The van der Waals surface area contributed by atoms with Crippen molar-refractivity contribution in [3.8, 4) is 0 Å². The Labute approximate surface area is 243 Å². The normalized spacial score (nSPS) is 21.8. The molecular weight excluding hydrogens is 546 g/mol. The number of nitrogens with one attached hydrogen (secondary N) is 2. The number of carbonyl (C=O) groups is 1. The Balaban J connectivity index is 1.13. The zero-order chi connectivity index (χ0) is 28.3. The quantitative estimate of drug-likeness (QED) is 0.403. The van der Waals surface area contributed by atoms with E-state index in [0.717, 1.165) is 69.3 Å². The predicted octanol–water partition coefficient (Wildman–Crippen LogP) is 4.70. The average Bonchev–Trinajstić information content (AvgIpc) is 2.97. The molecule has 0 spiro atoms. The molecule has 5 rings (SSSR count). The van der Waals surface area contributed by atoms with E-state index in [4.69, 9.17) is 9.97 Å². The average molecular weight is 588 g/mol. The first-order valence-corrected chi connectivity index (χ1v) is 16.3. The monoisotopic (exact) mass is 587 g/mol. The second-order valence-corrected chi connectivity index (χ2v) is 13.7. The van der Waals surface area contributed by atoms with Crippen molar-refractivity contribution in [2.24, 2.45) is 0 Å². The zero-order valence-electron chi connectivity index (χ0n) is 23.5. The van der Waals surface area contributed by atoms with Crippen LogP contribution in [-0.4, -0.2) is 72.3 Å². The number of nitrogens with zero attached hydrogens (tertiary/aromatic N) is 5. The lowest BCUT2D eigenvalue weighted by atomic mass is 9.91. The molecule has 1 saturated heterocycles. The van der Waals surface area contributed by atoms with Gasteiger partial charge in [0.1, 0.15) is 5.82 Å². The molecule has 2 aliphatic carbocycles. The van der Waals surface area contributed by atoms with Gasteiger partial charge in [0, 0.05) is 50.5 Å². The van der Waals surface area contributed by atoms with Crippen LogP contribution in [0.15, 0.2) is 29.2 Å². The van der Waals surface area contributed by atoms with Crippen molar-refractivity contribution in [2.75, 3.05) is 42.7 Å². The number of piperidine rings is 1. The van der Waals surface area contributed by atoms with Crippen molar-refractivity contribution in [1.82, 2.24) is 18.6 Å². The number of rotatable bonds is 7. The number of amides is 2. The molecule has 40 heavy (non-hydrogen) atoms. The molecule has 3 aliphatic rings. The van der Waals surface area contributed by atoms with E-state index in [-0.39, 0.29) is 23.0 Å². The molecule has 0 unspecified atom stereocenters. The largest absolute Gasteiger partial charge is 0.362 e. The number of aryl methyl sites for hydroxylation is 1. The highest BCUT2D eigenvalue weighted by molar-refractivity contribution is 7.89. The molecular formula is C28H41N7O3S2. The molecule has 0 atom stereocenters. The molecule has 1 aromatic carbocycles. The maximum atomic E-state index is 12.9. The summed E-state index contributed by atoms with van der Waals surface area (Å²) in [7, 11) is 0.562. The summed E-state index contributed by atoms with van der Waals surface area (Å²) in [5.41, 5.74) is 2.98. The van der Waals surface area contributed by atoms with Crippen LogP contribution in [0.5, 0.6) is 0 Å². The molecule has 10 nitrogen and oxygen atoms in total. The van der Waals surface area contributed by atoms with E-state index in [2.05, 4.69) is 28.3 Å². The van der Waals surface area contributed by atoms with Crippen molar-refractivity contribution < 1.29 is 13.2 Å². The van der Waals surface area contributed by atoms with Gasteiger partial charge in [-0.1, -0.05) is 19.2 Å². The molecule has 2 aromatic rings. The summed E-state index contributed by atoms with van der Waals surface area (Å²) >= 11 is 4.52. The van der Waals surface area contributed by atoms with Gasteiger partial charge in [-0.3, -0.25) is 4.31 Å². The third-order valence-corrected chi connectivity index (χ3v) is 10.6. The van der Waals surface area contributed by atoms with E-state index in [0.29, 0.717) is 24.7 Å². The smallest absolute Gasteiger partial charge is 0.331 e. The predicted molar refractivity (Wildman–Crippen MR) is 162 cm³/mol. The second kappa shape index (κ2) is 12.5. The lowest BCUT2D eigenvalue weighted by Gasteiger charge is -2.34. The molecule has 1 aliphatic heterocycles. The number of hydrogen-bond acceptors (Lipinski definition) is 8. The van der Waals surface area contributed by atoms with E-state index < -0.39 is 10.0 Å². The maximum absolute atomic E-state index is 12.9. The summed E-state index contributed by atoms with van der Waals surface area (Å²) < 4.78 is 28.8. The van der Waals surface area contributed by atoms with Crippen molar-refractivity contribution in [3.63, 3.8) is 0 Å². The summed E-state index contributed by atoms with van der Waals surface area (Å²) in [6.07, 6.45) is 10.6. The highest BCUT2D eigenvalue weighted by Gasteiger charge is 2.29. The number of fused-ring (bicyclic) bond motifs is 1. The van der Waals surface area contributed by atoms with Crippen molar-refractivity contribution in [1.29, 1.82) is 0 Å². The number of benzene rings is 1. The van der Waals surface area contributed by atoms with Crippen LogP contribution < -0.4 is 15.5 Å². The van der Waals surface area contributed by atoms with Gasteiger partial charge in [-0.05, 0) is 88.5 Å². The molecule has 0 radical (unpaired) electrons. The Morgan fingerprint density at radius 3 is 2.30 bits per heavy atom. The van der Waals surface area contributed by atoms with Crippen molar-refractivity contribution >= 4 is 46.3 Å². The van der Waals surface area contributed by atoms with Gasteiger partial charge >= 0.3 is 6.03 Å². The molecule has 2 fully saturated rings. The number of sulfonamides is 1. The van der Waals surface area contributed by atoms with Crippen LogP contribution in [0.3, 0.4) is 0 Å². The number of urea groups is 1. The Morgan fingerprint density at radius 2 is 1.62 bits per heavy atom. The van der Waals surface area contributed by atoms with Gasteiger partial charge in [-0.2, -0.15) is 9.29 Å². The van der Waals surface area contributed by atoms with Crippen LogP contribution in [0.2, 0.25) is 0 Å². The standard InChI is InChI=1S/C28H41N7O3S2/c1-33(2)26-24-8-4-5-9-25(24)31-27(32-26)29-20-10-14-22(15-11-20)35(39)28(36)30-21-12-16-23(17-13-21)40(37,38)34-18-6-3-7-19-34/h12-13,16-17,20,22,39H,3-11,14-15,18-19H2,1-2H3,(H,30,36)(H,29,31,32). The number of hydrogen-bond donors (Lipinski definition) is 3. The number of carbonyl (C=O) groups excluding carboxylic acids is 1. The minimum atomic E-state index is -3.50. The van der Waals surface area contributed by atoms with Crippen LogP contribution in [0.4, 0.5) is 22.2 Å². The third-order valence-electron chi connectivity index (χ3n) is 8.23. The van der Waals surface area contributed by atoms with E-state index in [1.165, 1.54) is 22.7 Å². The topological polar surface area (TPSA) is 111 Å². The highest BCUT2D eigenvalue weighted by Crippen LogP contribution is 2.31. The van der Waals surface area contributed by atoms with Crippen molar-refractivity contribution in [2.45, 2.75) is 87.6 Å². The number of aromatic nitrogens is 2. The Hall–Kier alpha value is -2.57. The minimum absolute atomic E-state index is 0.00178. The molecule has 2 N–H and O–H groups in total. The highest BCUT2D eigenvalue weighted by atomic mass is 32.2. The molecule has 2 amide bonds. The summed E-state index contributed by atoms with van der Waals surface area (Å²) in [5, 5.41) is 6.41. The zero-order valence-corrected chi connectivity index (χ0v) is 25.2. The summed E-state index contributed by atoms with van der Waals surface area (Å²) in [4.78, 5) is 24.9. The molecule has 218 valence electrons. The van der Waals surface area contributed by atoms with Crippen LogP contribution >= 0.6 is 12.8 Å².